The van der Waals surface area contributed by atoms with Crippen LogP contribution in [0.4, 0.5) is 11.4 Å². The molecule has 4 N–H and O–H groups in total. The van der Waals surface area contributed by atoms with Crippen LogP contribution in [0.2, 0.25) is 0 Å². The zero-order valence-electron chi connectivity index (χ0n) is 10.7. The number of hydrogen-bond donors (Lipinski definition) is 3. The fraction of sp³-hybridized carbons (Fsp3) is 0.462. The van der Waals surface area contributed by atoms with Gasteiger partial charge in [0.15, 0.2) is 0 Å². The minimum atomic E-state index is -0.0313. The molecule has 100 valence electrons. The van der Waals surface area contributed by atoms with Crippen molar-refractivity contribution in [3.05, 3.63) is 24.3 Å². The van der Waals surface area contributed by atoms with E-state index in [0.717, 1.165) is 12.2 Å². The van der Waals surface area contributed by atoms with Gasteiger partial charge in [-0.1, -0.05) is 6.92 Å². The summed E-state index contributed by atoms with van der Waals surface area (Å²) in [5.41, 5.74) is 6.99. The van der Waals surface area contributed by atoms with Crippen LogP contribution < -0.4 is 11.1 Å². The van der Waals surface area contributed by atoms with Crippen LogP contribution in [0.25, 0.3) is 0 Å². The van der Waals surface area contributed by atoms with Crippen LogP contribution in [-0.4, -0.2) is 42.2 Å². The first-order valence-electron chi connectivity index (χ1n) is 6.14. The molecule has 1 amide bonds. The lowest BCUT2D eigenvalue weighted by atomic mass is 10.2. The lowest BCUT2D eigenvalue weighted by Crippen LogP contribution is -2.30. The van der Waals surface area contributed by atoms with Crippen molar-refractivity contribution in [1.29, 1.82) is 0 Å². The summed E-state index contributed by atoms with van der Waals surface area (Å²) in [6, 6.07) is 7.05. The molecule has 0 saturated heterocycles. The van der Waals surface area contributed by atoms with Crippen LogP contribution in [0.1, 0.15) is 13.3 Å². The Bertz CT molecular complexity index is 365. The molecule has 1 aromatic rings. The molecule has 0 bridgehead atoms. The van der Waals surface area contributed by atoms with E-state index in [-0.39, 0.29) is 12.5 Å². The first kappa shape index (κ1) is 14.5. The maximum atomic E-state index is 11.7. The van der Waals surface area contributed by atoms with E-state index in [2.05, 4.69) is 5.32 Å². The third kappa shape index (κ3) is 5.16. The molecule has 1 rings (SSSR count). The smallest absolute Gasteiger partial charge is 0.225 e. The Morgan fingerprint density at radius 1 is 1.33 bits per heavy atom. The highest BCUT2D eigenvalue weighted by Gasteiger charge is 2.06. The van der Waals surface area contributed by atoms with Gasteiger partial charge in [0.05, 0.1) is 6.61 Å². The molecule has 0 heterocycles. The Labute approximate surface area is 108 Å². The number of likely N-dealkylation sites (N-methyl/N-ethyl adjacent to an activating group) is 1. The van der Waals surface area contributed by atoms with E-state index in [0.29, 0.717) is 25.2 Å². The van der Waals surface area contributed by atoms with Crippen LogP contribution >= 0.6 is 0 Å². The van der Waals surface area contributed by atoms with Crippen molar-refractivity contribution in [2.45, 2.75) is 13.3 Å². The number of nitrogens with one attached hydrogen (secondary N) is 1. The Morgan fingerprint density at radius 2 is 2.00 bits per heavy atom. The van der Waals surface area contributed by atoms with E-state index in [1.807, 2.05) is 11.8 Å². The lowest BCUT2D eigenvalue weighted by molar-refractivity contribution is -0.116. The number of carbonyl (C=O) groups excluding carboxylic acids is 1. The molecule has 0 spiro atoms. The van der Waals surface area contributed by atoms with E-state index < -0.39 is 0 Å². The molecule has 1 aromatic carbocycles. The van der Waals surface area contributed by atoms with Crippen LogP contribution in [0.3, 0.4) is 0 Å². The normalized spacial score (nSPS) is 10.6. The van der Waals surface area contributed by atoms with Gasteiger partial charge in [0.2, 0.25) is 5.91 Å². The molecule has 5 nitrogen and oxygen atoms in total. The average molecular weight is 251 g/mol. The number of hydrogen-bond acceptors (Lipinski definition) is 4. The van der Waals surface area contributed by atoms with Crippen molar-refractivity contribution in [2.75, 3.05) is 37.3 Å². The highest BCUT2D eigenvalue weighted by molar-refractivity contribution is 5.90. The van der Waals surface area contributed by atoms with Gasteiger partial charge < -0.3 is 21.1 Å². The van der Waals surface area contributed by atoms with Crippen molar-refractivity contribution in [3.63, 3.8) is 0 Å². The van der Waals surface area contributed by atoms with E-state index >= 15 is 0 Å². The summed E-state index contributed by atoms with van der Waals surface area (Å²) >= 11 is 0. The largest absolute Gasteiger partial charge is 0.399 e. The van der Waals surface area contributed by atoms with Gasteiger partial charge in [-0.25, -0.2) is 0 Å². The van der Waals surface area contributed by atoms with Crippen molar-refractivity contribution in [3.8, 4) is 0 Å². The molecule has 18 heavy (non-hydrogen) atoms. The number of nitrogens with two attached hydrogens (primary N) is 1. The number of nitrogens with zero attached hydrogens (tertiary/aromatic N) is 1. The quantitative estimate of drug-likeness (QED) is 0.629. The van der Waals surface area contributed by atoms with Crippen molar-refractivity contribution >= 4 is 17.3 Å². The SMILES string of the molecule is CCN(CCO)CCC(=O)Nc1ccc(N)cc1. The fourth-order valence-corrected chi connectivity index (χ4v) is 1.62. The van der Waals surface area contributed by atoms with Crippen LogP contribution in [-0.2, 0) is 4.79 Å². The number of aliphatic hydroxyl groups excluding tert-OH is 1. The lowest BCUT2D eigenvalue weighted by Gasteiger charge is -2.18. The number of amides is 1. The number of benzene rings is 1. The van der Waals surface area contributed by atoms with Gasteiger partial charge in [0.25, 0.3) is 0 Å². The molecular formula is C13H21N3O2. The monoisotopic (exact) mass is 251 g/mol. The van der Waals surface area contributed by atoms with Gasteiger partial charge in [-0.15, -0.1) is 0 Å². The minimum Gasteiger partial charge on any atom is -0.399 e. The van der Waals surface area contributed by atoms with Crippen LogP contribution in [0, 0.1) is 0 Å². The Kier molecular flexibility index (Phi) is 6.18. The summed E-state index contributed by atoms with van der Waals surface area (Å²) in [6.45, 7) is 4.21. The summed E-state index contributed by atoms with van der Waals surface area (Å²) < 4.78 is 0. The van der Waals surface area contributed by atoms with Crippen molar-refractivity contribution < 1.29 is 9.90 Å². The van der Waals surface area contributed by atoms with Crippen molar-refractivity contribution in [2.24, 2.45) is 0 Å². The molecule has 0 radical (unpaired) electrons. The first-order valence-corrected chi connectivity index (χ1v) is 6.14. The van der Waals surface area contributed by atoms with E-state index in [4.69, 9.17) is 10.8 Å². The molecule has 0 aliphatic rings. The predicted octanol–water partition coefficient (Wildman–Crippen LogP) is 0.912. The number of rotatable bonds is 7. The van der Waals surface area contributed by atoms with E-state index in [1.165, 1.54) is 0 Å². The molecular weight excluding hydrogens is 230 g/mol. The number of nitrogen functional groups attached to an aromatic ring is 1. The molecule has 0 saturated carbocycles. The van der Waals surface area contributed by atoms with Crippen molar-refractivity contribution in [1.82, 2.24) is 4.90 Å². The summed E-state index contributed by atoms with van der Waals surface area (Å²) in [7, 11) is 0. The number of anilines is 2. The van der Waals surface area contributed by atoms with Crippen LogP contribution in [0.15, 0.2) is 24.3 Å². The topological polar surface area (TPSA) is 78.6 Å². The summed E-state index contributed by atoms with van der Waals surface area (Å²) in [5.74, 6) is -0.0313. The molecule has 0 unspecified atom stereocenters. The molecule has 5 heteroatoms. The molecule has 0 atom stereocenters. The molecule has 0 fully saturated rings. The standard InChI is InChI=1S/C13H21N3O2/c1-2-16(9-10-17)8-7-13(18)15-12-5-3-11(14)4-6-12/h3-6,17H,2,7-10,14H2,1H3,(H,15,18). The zero-order chi connectivity index (χ0) is 13.4. The molecule has 0 aromatic heterocycles. The molecule has 0 aliphatic heterocycles. The van der Waals surface area contributed by atoms with Gasteiger partial charge in [-0.3, -0.25) is 4.79 Å². The summed E-state index contributed by atoms with van der Waals surface area (Å²) in [4.78, 5) is 13.7. The van der Waals surface area contributed by atoms with Gasteiger partial charge in [0, 0.05) is 30.9 Å². The third-order valence-electron chi connectivity index (χ3n) is 2.71. The van der Waals surface area contributed by atoms with Gasteiger partial charge in [-0.2, -0.15) is 0 Å². The zero-order valence-corrected chi connectivity index (χ0v) is 10.7. The van der Waals surface area contributed by atoms with Gasteiger partial charge >= 0.3 is 0 Å². The average Bonchev–Trinajstić information content (AvgIpc) is 2.37. The summed E-state index contributed by atoms with van der Waals surface area (Å²) in [6.07, 6.45) is 0.415. The fourth-order valence-electron chi connectivity index (χ4n) is 1.62. The Balaban J connectivity index is 2.35. The third-order valence-corrected chi connectivity index (χ3v) is 2.71. The Morgan fingerprint density at radius 3 is 2.56 bits per heavy atom. The highest BCUT2D eigenvalue weighted by atomic mass is 16.3. The van der Waals surface area contributed by atoms with E-state index in [9.17, 15) is 4.79 Å². The van der Waals surface area contributed by atoms with Crippen LogP contribution in [0.5, 0.6) is 0 Å². The molecule has 0 aliphatic carbocycles. The maximum Gasteiger partial charge on any atom is 0.225 e. The number of aliphatic hydroxyl groups is 1. The summed E-state index contributed by atoms with van der Waals surface area (Å²) in [5, 5.41) is 11.6. The predicted molar refractivity (Wildman–Crippen MR) is 73.3 cm³/mol. The van der Waals surface area contributed by atoms with Gasteiger partial charge in [-0.05, 0) is 30.8 Å². The second kappa shape index (κ2) is 7.68. The minimum absolute atomic E-state index is 0.0313. The van der Waals surface area contributed by atoms with E-state index in [1.54, 1.807) is 24.3 Å². The second-order valence-corrected chi connectivity index (χ2v) is 4.08. The number of carbonyl (C=O) groups is 1. The highest BCUT2D eigenvalue weighted by Crippen LogP contribution is 2.10. The Hall–Kier alpha value is -1.59. The first-order chi connectivity index (χ1) is 8.65. The maximum absolute atomic E-state index is 11.7. The second-order valence-electron chi connectivity index (χ2n) is 4.08. The van der Waals surface area contributed by atoms with Gasteiger partial charge in [0.1, 0.15) is 0 Å².